The third-order valence-corrected chi connectivity index (χ3v) is 7.57. The number of thiophene rings is 1. The van der Waals surface area contributed by atoms with Crippen molar-refractivity contribution in [2.75, 3.05) is 13.7 Å². The predicted molar refractivity (Wildman–Crippen MR) is 132 cm³/mol. The summed E-state index contributed by atoms with van der Waals surface area (Å²) < 4.78 is 29.9. The molecule has 2 aromatic carbocycles. The van der Waals surface area contributed by atoms with Crippen molar-refractivity contribution in [3.8, 4) is 10.4 Å². The van der Waals surface area contributed by atoms with Crippen LogP contribution in [0.3, 0.4) is 0 Å². The zero-order valence-electron chi connectivity index (χ0n) is 20.2. The van der Waals surface area contributed by atoms with E-state index in [-0.39, 0.29) is 12.4 Å². The number of rotatable bonds is 7. The molecule has 1 aromatic heterocycles. The van der Waals surface area contributed by atoms with Crippen molar-refractivity contribution in [1.82, 2.24) is 0 Å². The molecule has 3 aromatic rings. The smallest absolute Gasteiger partial charge is 0.302 e. The van der Waals surface area contributed by atoms with Gasteiger partial charge in [0, 0.05) is 35.8 Å². The molecule has 192 valence electrons. The highest BCUT2D eigenvalue weighted by atomic mass is 32.1. The molecule has 1 aliphatic rings. The molecule has 1 aliphatic heterocycles. The average molecular weight is 517 g/mol. The van der Waals surface area contributed by atoms with Crippen LogP contribution in [-0.2, 0) is 31.2 Å². The van der Waals surface area contributed by atoms with E-state index in [9.17, 15) is 24.5 Å². The van der Waals surface area contributed by atoms with Crippen molar-refractivity contribution in [3.63, 3.8) is 0 Å². The van der Waals surface area contributed by atoms with Crippen LogP contribution in [-0.4, -0.2) is 59.4 Å². The van der Waals surface area contributed by atoms with Crippen LogP contribution in [0.15, 0.2) is 54.6 Å². The normalized spacial score (nSPS) is 26.1. The summed E-state index contributed by atoms with van der Waals surface area (Å²) in [6.45, 7) is 2.88. The molecule has 2 heterocycles. The lowest BCUT2D eigenvalue weighted by Crippen LogP contribution is -2.64. The first kappa shape index (κ1) is 26.4. The topological polar surface area (TPSA) is 105 Å². The first-order valence-electron chi connectivity index (χ1n) is 11.5. The van der Waals surface area contributed by atoms with Gasteiger partial charge in [0.05, 0.1) is 0 Å². The van der Waals surface area contributed by atoms with Crippen LogP contribution in [0.4, 0.5) is 4.39 Å². The second-order valence-corrected chi connectivity index (χ2v) is 10.0. The summed E-state index contributed by atoms with van der Waals surface area (Å²) >= 11 is 1.60. The molecular formula is C27H29FO7S. The molecule has 1 fully saturated rings. The van der Waals surface area contributed by atoms with E-state index in [1.807, 2.05) is 31.2 Å². The van der Waals surface area contributed by atoms with Crippen molar-refractivity contribution >= 4 is 17.3 Å². The molecule has 0 amide bonds. The maximum Gasteiger partial charge on any atom is 0.302 e. The van der Waals surface area contributed by atoms with E-state index >= 15 is 0 Å². The van der Waals surface area contributed by atoms with E-state index < -0.39 is 36.2 Å². The van der Waals surface area contributed by atoms with Gasteiger partial charge < -0.3 is 29.5 Å². The molecule has 9 heteroatoms. The number of halogens is 1. The summed E-state index contributed by atoms with van der Waals surface area (Å²) in [5.74, 6) is -2.64. The Kier molecular flexibility index (Phi) is 7.89. The van der Waals surface area contributed by atoms with Gasteiger partial charge in [-0.25, -0.2) is 4.39 Å². The largest absolute Gasteiger partial charge is 0.463 e. The summed E-state index contributed by atoms with van der Waals surface area (Å²) in [6, 6.07) is 15.8. The van der Waals surface area contributed by atoms with Crippen LogP contribution in [0.25, 0.3) is 10.4 Å². The molecule has 1 saturated heterocycles. The van der Waals surface area contributed by atoms with Crippen LogP contribution < -0.4 is 0 Å². The van der Waals surface area contributed by atoms with E-state index in [4.69, 9.17) is 14.2 Å². The lowest BCUT2D eigenvalue weighted by molar-refractivity contribution is -0.366. The Bertz CT molecular complexity index is 1210. The zero-order valence-corrected chi connectivity index (χ0v) is 21.0. The number of methoxy groups -OCH3 is 1. The quantitative estimate of drug-likeness (QED) is 0.414. The number of aliphatic hydroxyl groups excluding tert-OH is 3. The third kappa shape index (κ3) is 5.22. The number of carbonyl (C=O) groups excluding carboxylic acids is 1. The molecule has 5 atom stereocenters. The van der Waals surface area contributed by atoms with E-state index in [0.29, 0.717) is 12.0 Å². The Hall–Kier alpha value is -2.66. The van der Waals surface area contributed by atoms with Gasteiger partial charge in [-0.05, 0) is 53.9 Å². The molecule has 36 heavy (non-hydrogen) atoms. The molecule has 0 aliphatic carbocycles. The average Bonchev–Trinajstić information content (AvgIpc) is 3.33. The summed E-state index contributed by atoms with van der Waals surface area (Å²) in [7, 11) is 1.34. The highest BCUT2D eigenvalue weighted by Gasteiger charge is 2.55. The van der Waals surface area contributed by atoms with Gasteiger partial charge in [-0.3, -0.25) is 4.79 Å². The van der Waals surface area contributed by atoms with Crippen molar-refractivity contribution in [2.24, 2.45) is 0 Å². The fourth-order valence-electron chi connectivity index (χ4n) is 4.36. The number of carbonyl (C=O) groups is 1. The minimum atomic E-state index is -1.79. The highest BCUT2D eigenvalue weighted by Crippen LogP contribution is 2.40. The van der Waals surface area contributed by atoms with Crippen LogP contribution in [0.2, 0.25) is 0 Å². The van der Waals surface area contributed by atoms with Crippen molar-refractivity contribution < 1.29 is 38.7 Å². The Morgan fingerprint density at radius 3 is 2.47 bits per heavy atom. The van der Waals surface area contributed by atoms with Crippen LogP contribution in [0, 0.1) is 12.7 Å². The number of ether oxygens (including phenoxy) is 3. The zero-order chi connectivity index (χ0) is 26.0. The van der Waals surface area contributed by atoms with Crippen LogP contribution in [0.5, 0.6) is 0 Å². The Morgan fingerprint density at radius 1 is 1.08 bits per heavy atom. The Labute approximate surface area is 212 Å². The molecule has 3 N–H and O–H groups in total. The van der Waals surface area contributed by atoms with Gasteiger partial charge in [0.2, 0.25) is 5.79 Å². The molecule has 1 unspecified atom stereocenters. The first-order valence-corrected chi connectivity index (χ1v) is 12.3. The van der Waals surface area contributed by atoms with Crippen molar-refractivity contribution in [2.45, 2.75) is 50.5 Å². The number of aliphatic hydroxyl groups is 3. The van der Waals surface area contributed by atoms with Gasteiger partial charge in [-0.2, -0.15) is 0 Å². The van der Waals surface area contributed by atoms with Gasteiger partial charge in [0.15, 0.2) is 0 Å². The first-order chi connectivity index (χ1) is 17.1. The van der Waals surface area contributed by atoms with Gasteiger partial charge in [-0.1, -0.05) is 24.3 Å². The fourth-order valence-corrected chi connectivity index (χ4v) is 5.40. The van der Waals surface area contributed by atoms with Crippen LogP contribution >= 0.6 is 11.3 Å². The SMILES string of the molecule is CO[C@]1(c2ccc(C)c(Cc3ccc(-c4ccc(F)cc4)s3)c2)O[C@H](COC(C)=O)[C@@H](O)[C@H](O)C1O. The van der Waals surface area contributed by atoms with Gasteiger partial charge in [-0.15, -0.1) is 11.3 Å². The van der Waals surface area contributed by atoms with E-state index in [2.05, 4.69) is 0 Å². The number of esters is 1. The van der Waals surface area contributed by atoms with Gasteiger partial charge in [0.1, 0.15) is 36.8 Å². The monoisotopic (exact) mass is 516 g/mol. The standard InChI is InChI=1S/C27H29FO7S/c1-15-4-7-19(27(33-3)26(32)25(31)24(30)22(35-27)14-34-16(2)29)12-18(15)13-21-10-11-23(36-21)17-5-8-20(28)9-6-17/h4-12,22,24-26,30-32H,13-14H2,1-3H3/t22-,24-,25+,26?,27-/m1/s1. The fraction of sp³-hybridized carbons (Fsp3) is 0.370. The molecule has 4 rings (SSSR count). The summed E-state index contributed by atoms with van der Waals surface area (Å²) in [4.78, 5) is 13.4. The lowest BCUT2D eigenvalue weighted by atomic mass is 9.86. The van der Waals surface area contributed by atoms with Crippen LogP contribution in [0.1, 0.15) is 28.5 Å². The minimum absolute atomic E-state index is 0.283. The summed E-state index contributed by atoms with van der Waals surface area (Å²) in [5.41, 5.74) is 3.34. The van der Waals surface area contributed by atoms with Crippen molar-refractivity contribution in [3.05, 3.63) is 82.0 Å². The molecular weight excluding hydrogens is 487 g/mol. The van der Waals surface area contributed by atoms with Crippen molar-refractivity contribution in [1.29, 1.82) is 0 Å². The predicted octanol–water partition coefficient (Wildman–Crippen LogP) is 3.30. The molecule has 0 radical (unpaired) electrons. The molecule has 0 bridgehead atoms. The lowest BCUT2D eigenvalue weighted by Gasteiger charge is -2.47. The van der Waals surface area contributed by atoms with E-state index in [0.717, 1.165) is 26.4 Å². The Morgan fingerprint density at radius 2 is 1.81 bits per heavy atom. The molecule has 0 spiro atoms. The number of benzene rings is 2. The number of hydrogen-bond acceptors (Lipinski definition) is 8. The van der Waals surface area contributed by atoms with Gasteiger partial charge >= 0.3 is 5.97 Å². The maximum atomic E-state index is 13.3. The number of aryl methyl sites for hydroxylation is 1. The summed E-state index contributed by atoms with van der Waals surface area (Å²) in [5, 5.41) is 31.9. The highest BCUT2D eigenvalue weighted by molar-refractivity contribution is 7.15. The number of hydrogen-bond donors (Lipinski definition) is 3. The second-order valence-electron chi connectivity index (χ2n) is 8.85. The Balaban J connectivity index is 1.63. The molecule has 7 nitrogen and oxygen atoms in total. The molecule has 0 saturated carbocycles. The summed E-state index contributed by atoms with van der Waals surface area (Å²) in [6.07, 6.45) is -5.21. The maximum absolute atomic E-state index is 13.3. The van der Waals surface area contributed by atoms with E-state index in [1.54, 1.807) is 29.5 Å². The second kappa shape index (κ2) is 10.8. The third-order valence-electron chi connectivity index (χ3n) is 6.43. The van der Waals surface area contributed by atoms with Gasteiger partial charge in [0.25, 0.3) is 0 Å². The minimum Gasteiger partial charge on any atom is -0.463 e. The van der Waals surface area contributed by atoms with E-state index in [1.165, 1.54) is 26.2 Å².